The Morgan fingerprint density at radius 2 is 1.53 bits per heavy atom. The molecule has 7 aromatic rings. The van der Waals surface area contributed by atoms with Crippen molar-refractivity contribution in [3.8, 4) is 12.1 Å². The smallest absolute Gasteiger partial charge is 0.157 e. The molecule has 0 atom stereocenters. The minimum absolute atomic E-state index is 0. The molecule has 300 valence electrons. The summed E-state index contributed by atoms with van der Waals surface area (Å²) in [5.74, 6) is 1.72. The topological polar surface area (TPSA) is 158 Å². The number of hydrogen-bond acceptors (Lipinski definition) is 11. The van der Waals surface area contributed by atoms with Crippen LogP contribution in [0.25, 0.3) is 38.7 Å². The van der Waals surface area contributed by atoms with Gasteiger partial charge in [0.05, 0.1) is 45.7 Å². The Morgan fingerprint density at radius 1 is 0.776 bits per heavy atom. The Hall–Kier alpha value is -5.67. The molecule has 2 fully saturated rings. The molecule has 2 saturated heterocycles. The molecule has 0 aliphatic carbocycles. The average Bonchev–Trinajstić information content (AvgIpc) is 3.64. The van der Waals surface area contributed by atoms with E-state index in [0.29, 0.717) is 29.5 Å². The second kappa shape index (κ2) is 21.2. The quantitative estimate of drug-likeness (QED) is 0.135. The molecule has 5 aromatic heterocycles. The number of fused-ring (bicyclic) bond motifs is 6. The predicted octanol–water partition coefficient (Wildman–Crippen LogP) is 7.43. The molecule has 9 rings (SSSR count). The second-order valence-electron chi connectivity index (χ2n) is 13.7. The maximum atomic E-state index is 10.2. The van der Waals surface area contributed by atoms with Gasteiger partial charge in [0, 0.05) is 38.1 Å². The van der Waals surface area contributed by atoms with Gasteiger partial charge in [-0.1, -0.05) is 54.9 Å². The van der Waals surface area contributed by atoms with Gasteiger partial charge in [0.25, 0.3) is 0 Å². The van der Waals surface area contributed by atoms with E-state index in [4.69, 9.17) is 33.4 Å². The maximum Gasteiger partial charge on any atom is 0.157 e. The van der Waals surface area contributed by atoms with Crippen molar-refractivity contribution in [1.29, 1.82) is 10.5 Å². The van der Waals surface area contributed by atoms with Crippen LogP contribution in [-0.4, -0.2) is 112 Å². The number of para-hydroxylation sites is 4. The monoisotopic (exact) mass is 818 g/mol. The van der Waals surface area contributed by atoms with E-state index >= 15 is 0 Å². The first-order chi connectivity index (χ1) is 27.8. The summed E-state index contributed by atoms with van der Waals surface area (Å²) in [4.78, 5) is 37.9. The van der Waals surface area contributed by atoms with Crippen LogP contribution >= 0.6 is 23.2 Å². The molecule has 13 nitrogen and oxygen atoms in total. The lowest BCUT2D eigenvalue weighted by Crippen LogP contribution is -2.29. The number of hydrogen-bond donors (Lipinski definition) is 2. The van der Waals surface area contributed by atoms with Crippen LogP contribution in [0.5, 0.6) is 0 Å². The minimum atomic E-state index is 0. The van der Waals surface area contributed by atoms with Crippen molar-refractivity contribution in [3.05, 3.63) is 106 Å². The van der Waals surface area contributed by atoms with Crippen molar-refractivity contribution in [1.82, 2.24) is 44.4 Å². The number of halogens is 2. The van der Waals surface area contributed by atoms with Gasteiger partial charge in [0.15, 0.2) is 11.9 Å². The number of benzene rings is 2. The summed E-state index contributed by atoms with van der Waals surface area (Å²) >= 11 is 11.0. The van der Waals surface area contributed by atoms with E-state index in [2.05, 4.69) is 78.3 Å². The molecule has 0 unspecified atom stereocenters. The zero-order chi connectivity index (χ0) is 40.1. The van der Waals surface area contributed by atoms with Gasteiger partial charge >= 0.3 is 0 Å². The van der Waals surface area contributed by atoms with E-state index < -0.39 is 0 Å². The number of carbonyl (C=O) groups is 1. The fraction of sp³-hybridized carbons (Fsp3) is 0.326. The van der Waals surface area contributed by atoms with Crippen molar-refractivity contribution in [2.24, 2.45) is 0 Å². The normalized spacial score (nSPS) is 14.6. The number of aromatic nitrogens is 6. The van der Waals surface area contributed by atoms with Crippen molar-refractivity contribution in [2.75, 3.05) is 71.4 Å². The summed E-state index contributed by atoms with van der Waals surface area (Å²) in [6.45, 7) is 8.96. The molecule has 2 N–H and O–H groups in total. The number of likely N-dealkylation sites (N-methyl/N-ethyl adjacent to an activating group) is 2. The highest BCUT2D eigenvalue weighted by molar-refractivity contribution is 6.33. The average molecular weight is 820 g/mol. The molecule has 2 aliphatic heterocycles. The van der Waals surface area contributed by atoms with Crippen LogP contribution in [0.2, 0.25) is 10.3 Å². The van der Waals surface area contributed by atoms with E-state index in [1.54, 1.807) is 0 Å². The number of nitrogens with one attached hydrogen (secondary N) is 2. The minimum Gasteiger partial charge on any atom is -0.355 e. The molecule has 7 heterocycles. The summed E-state index contributed by atoms with van der Waals surface area (Å²) < 4.78 is 2.02. The third-order valence-electron chi connectivity index (χ3n) is 9.59. The highest BCUT2D eigenvalue weighted by atomic mass is 35.5. The molecule has 0 spiro atoms. The van der Waals surface area contributed by atoms with Crippen LogP contribution in [-0.2, 0) is 6.42 Å². The number of H-pyrrole nitrogens is 1. The van der Waals surface area contributed by atoms with Crippen LogP contribution in [0.3, 0.4) is 0 Å². The summed E-state index contributed by atoms with van der Waals surface area (Å²) in [5.41, 5.74) is 6.22. The van der Waals surface area contributed by atoms with Gasteiger partial charge in [-0.2, -0.15) is 10.5 Å². The van der Waals surface area contributed by atoms with Gasteiger partial charge in [-0.15, -0.1) is 0 Å². The number of pyridine rings is 3. The first-order valence-corrected chi connectivity index (χ1v) is 19.5. The number of nitrogens with zero attached hydrogens (tertiary/aromatic N) is 10. The highest BCUT2D eigenvalue weighted by Crippen LogP contribution is 2.27. The Morgan fingerprint density at radius 3 is 2.29 bits per heavy atom. The number of nitriles is 2. The maximum absolute atomic E-state index is 10.2. The summed E-state index contributed by atoms with van der Waals surface area (Å²) in [5, 5.41) is 22.8. The van der Waals surface area contributed by atoms with E-state index in [-0.39, 0.29) is 17.7 Å². The van der Waals surface area contributed by atoms with Gasteiger partial charge in [0.1, 0.15) is 33.7 Å². The van der Waals surface area contributed by atoms with Crippen LogP contribution in [0.15, 0.2) is 78.9 Å². The number of anilines is 1. The molecule has 0 radical (unpaired) electrons. The SMILES string of the molecule is C.CN1CCCN(c2ccc3cc(C#N)c4nc5ccccc5n4c3n2)CC1.CN1CCCNCC1.N#CCc1nc2ccccc2[nH]1.O=Cc1ccc(Cl)nc1Cl. The molecule has 0 saturated carbocycles. The summed E-state index contributed by atoms with van der Waals surface area (Å²) in [6, 6.07) is 29.1. The van der Waals surface area contributed by atoms with E-state index in [9.17, 15) is 10.1 Å². The zero-order valence-corrected chi connectivity index (χ0v) is 33.5. The van der Waals surface area contributed by atoms with Gasteiger partial charge in [0.2, 0.25) is 0 Å². The van der Waals surface area contributed by atoms with Gasteiger partial charge < -0.3 is 25.0 Å². The van der Waals surface area contributed by atoms with E-state index in [1.165, 1.54) is 38.2 Å². The highest BCUT2D eigenvalue weighted by Gasteiger charge is 2.17. The number of carbonyl (C=O) groups excluding carboxylic acids is 1. The molecule has 15 heteroatoms. The summed E-state index contributed by atoms with van der Waals surface area (Å²) in [7, 11) is 4.34. The van der Waals surface area contributed by atoms with Crippen LogP contribution in [0, 0.1) is 22.7 Å². The van der Waals surface area contributed by atoms with E-state index in [0.717, 1.165) is 83.9 Å². The number of aldehydes is 1. The number of aromatic amines is 1. The van der Waals surface area contributed by atoms with Crippen molar-refractivity contribution >= 4 is 74.1 Å². The largest absolute Gasteiger partial charge is 0.355 e. The fourth-order valence-corrected chi connectivity index (χ4v) is 6.96. The van der Waals surface area contributed by atoms with Crippen LogP contribution < -0.4 is 10.2 Å². The molecule has 0 amide bonds. The second-order valence-corrected chi connectivity index (χ2v) is 14.5. The molecular formula is C43H48Cl2N12O. The van der Waals surface area contributed by atoms with Crippen molar-refractivity contribution in [3.63, 3.8) is 0 Å². The van der Waals surface area contributed by atoms with Crippen molar-refractivity contribution in [2.45, 2.75) is 26.7 Å². The van der Waals surface area contributed by atoms with Gasteiger partial charge in [-0.25, -0.2) is 19.9 Å². The third-order valence-corrected chi connectivity index (χ3v) is 10.1. The van der Waals surface area contributed by atoms with Crippen LogP contribution in [0.1, 0.15) is 42.0 Å². The molecule has 0 bridgehead atoms. The lowest BCUT2D eigenvalue weighted by atomic mass is 10.2. The standard InChI is InChI=1S/C21H20N6.C9H7N3.C6H3Cl2NO.C6H14N2.CH4/c1-25-9-4-10-26(12-11-25)19-8-7-15-13-16(14-22)21-23-17-5-2-3-6-18(17)27(21)20(15)24-19;10-6-5-9-11-7-3-1-2-4-8(7)12-9;7-5-2-1-4(3-10)6(8)9-5;1-8-5-2-3-7-4-6-8;/h2-3,5-8,13H,4,9-12H2,1H3;1-4H,5H2,(H,11,12);1-3H;7H,2-6H2,1H3;1H4. The summed E-state index contributed by atoms with van der Waals surface area (Å²) in [6.07, 6.45) is 3.41. The molecule has 58 heavy (non-hydrogen) atoms. The lowest BCUT2D eigenvalue weighted by molar-refractivity contribution is 0.112. The predicted molar refractivity (Wildman–Crippen MR) is 234 cm³/mol. The Labute approximate surface area is 348 Å². The Balaban J connectivity index is 0.000000171. The molecular weight excluding hydrogens is 771 g/mol. The Kier molecular flexibility index (Phi) is 15.9. The number of rotatable bonds is 3. The Bertz CT molecular complexity index is 2500. The van der Waals surface area contributed by atoms with Crippen LogP contribution in [0.4, 0.5) is 5.82 Å². The van der Waals surface area contributed by atoms with Gasteiger partial charge in [-0.05, 0) is 101 Å². The first kappa shape index (κ1) is 43.5. The first-order valence-electron chi connectivity index (χ1n) is 18.8. The molecule has 2 aromatic carbocycles. The zero-order valence-electron chi connectivity index (χ0n) is 32.0. The van der Waals surface area contributed by atoms with Crippen molar-refractivity contribution < 1.29 is 4.79 Å². The fourth-order valence-electron chi connectivity index (χ4n) is 6.57. The lowest BCUT2D eigenvalue weighted by Gasteiger charge is -2.22. The van der Waals surface area contributed by atoms with Gasteiger partial charge in [-0.3, -0.25) is 9.20 Å². The third kappa shape index (κ3) is 11.0. The molecule has 2 aliphatic rings. The number of imidazole rings is 2. The van der Waals surface area contributed by atoms with E-state index in [1.807, 2.05) is 59.0 Å².